The molecule has 1 aromatic carbocycles. The van der Waals surface area contributed by atoms with Crippen molar-refractivity contribution in [2.24, 2.45) is 5.92 Å². The van der Waals surface area contributed by atoms with Crippen molar-refractivity contribution in [2.45, 2.75) is 63.4 Å². The summed E-state index contributed by atoms with van der Waals surface area (Å²) in [6, 6.07) is 10.0. The normalized spacial score (nSPS) is 21.9. The van der Waals surface area contributed by atoms with E-state index in [1.165, 1.54) is 0 Å². The summed E-state index contributed by atoms with van der Waals surface area (Å²) >= 11 is 0. The van der Waals surface area contributed by atoms with Gasteiger partial charge in [-0.1, -0.05) is 36.8 Å². The molecule has 3 unspecified atom stereocenters. The smallest absolute Gasteiger partial charge is 0.343 e. The minimum absolute atomic E-state index is 0.0104. The first-order valence-corrected chi connectivity index (χ1v) is 10.1. The molecule has 1 aromatic heterocycles. The maximum atomic E-state index is 13.1. The van der Waals surface area contributed by atoms with Gasteiger partial charge >= 0.3 is 5.63 Å². The van der Waals surface area contributed by atoms with Crippen molar-refractivity contribution in [1.29, 1.82) is 0 Å². The van der Waals surface area contributed by atoms with Crippen LogP contribution in [0.1, 0.15) is 73.3 Å². The summed E-state index contributed by atoms with van der Waals surface area (Å²) in [6.45, 7) is 2.00. The highest BCUT2D eigenvalue weighted by Crippen LogP contribution is 2.49. The molecular weight excluding hydrogens is 340 g/mol. The first-order chi connectivity index (χ1) is 13.1. The Labute approximate surface area is 160 Å². The first kappa shape index (κ1) is 18.3. The Morgan fingerprint density at radius 1 is 1.15 bits per heavy atom. The van der Waals surface area contributed by atoms with Crippen molar-refractivity contribution in [1.82, 2.24) is 0 Å². The van der Waals surface area contributed by atoms with E-state index in [0.29, 0.717) is 17.2 Å². The van der Waals surface area contributed by atoms with Crippen LogP contribution in [0, 0.1) is 5.92 Å². The van der Waals surface area contributed by atoms with Gasteiger partial charge < -0.3 is 14.3 Å². The van der Waals surface area contributed by atoms with Crippen LogP contribution in [0.3, 0.4) is 0 Å². The van der Waals surface area contributed by atoms with Crippen LogP contribution in [0.15, 0.2) is 39.5 Å². The zero-order chi connectivity index (χ0) is 19.0. The van der Waals surface area contributed by atoms with Gasteiger partial charge in [-0.05, 0) is 50.5 Å². The molecule has 4 nitrogen and oxygen atoms in total. The van der Waals surface area contributed by atoms with Crippen molar-refractivity contribution in [3.8, 4) is 5.75 Å². The van der Waals surface area contributed by atoms with Gasteiger partial charge in [0.25, 0.3) is 0 Å². The second kappa shape index (κ2) is 7.51. The number of rotatable bonds is 5. The van der Waals surface area contributed by atoms with Gasteiger partial charge in [0, 0.05) is 24.5 Å². The molecule has 0 saturated heterocycles. The fourth-order valence-electron chi connectivity index (χ4n) is 4.58. The number of hydrogen-bond donors (Lipinski definition) is 1. The Hall–Kier alpha value is -2.07. The van der Waals surface area contributed by atoms with Crippen molar-refractivity contribution in [2.75, 3.05) is 7.11 Å². The topological polar surface area (TPSA) is 59.7 Å². The second-order valence-electron chi connectivity index (χ2n) is 8.01. The fourth-order valence-corrected chi connectivity index (χ4v) is 4.58. The molecule has 1 heterocycles. The molecule has 2 aromatic rings. The van der Waals surface area contributed by atoms with Gasteiger partial charge in [0.05, 0.1) is 11.7 Å². The van der Waals surface area contributed by atoms with Crippen LogP contribution in [-0.4, -0.2) is 18.3 Å². The molecule has 0 radical (unpaired) electrons. The zero-order valence-corrected chi connectivity index (χ0v) is 16.1. The molecule has 0 spiro atoms. The standard InChI is InChI=1S/C23H28O4/c1-14(26-2)17-10-6-7-11-18-21(24)20(23(25)27-22(17)18)19(16-12-13-16)15-8-4-3-5-9-15/h3-5,8-9,14,16-17,19,24H,6-7,10-13H2,1-2H3. The number of benzene rings is 1. The number of hydrogen-bond acceptors (Lipinski definition) is 4. The van der Waals surface area contributed by atoms with Gasteiger partial charge in [-0.2, -0.15) is 0 Å². The molecule has 0 aliphatic heterocycles. The molecule has 2 aliphatic rings. The predicted molar refractivity (Wildman–Crippen MR) is 104 cm³/mol. The lowest BCUT2D eigenvalue weighted by atomic mass is 9.85. The van der Waals surface area contributed by atoms with E-state index in [0.717, 1.165) is 49.7 Å². The van der Waals surface area contributed by atoms with Crippen LogP contribution < -0.4 is 5.63 Å². The Kier molecular flexibility index (Phi) is 5.09. The van der Waals surface area contributed by atoms with Crippen molar-refractivity contribution in [3.63, 3.8) is 0 Å². The average molecular weight is 368 g/mol. The molecule has 3 atom stereocenters. The van der Waals surface area contributed by atoms with Gasteiger partial charge in [0.15, 0.2) is 0 Å². The summed E-state index contributed by atoms with van der Waals surface area (Å²) in [7, 11) is 1.68. The van der Waals surface area contributed by atoms with Gasteiger partial charge in [0.1, 0.15) is 11.5 Å². The lowest BCUT2D eigenvalue weighted by Crippen LogP contribution is -2.23. The molecule has 27 heavy (non-hydrogen) atoms. The largest absolute Gasteiger partial charge is 0.507 e. The highest BCUT2D eigenvalue weighted by Gasteiger charge is 2.39. The highest BCUT2D eigenvalue weighted by molar-refractivity contribution is 5.48. The Balaban J connectivity index is 1.86. The van der Waals surface area contributed by atoms with Crippen LogP contribution in [0.25, 0.3) is 0 Å². The van der Waals surface area contributed by atoms with Crippen LogP contribution in [0.2, 0.25) is 0 Å². The van der Waals surface area contributed by atoms with E-state index < -0.39 is 0 Å². The molecule has 0 amide bonds. The summed E-state index contributed by atoms with van der Waals surface area (Å²) in [5.41, 5.74) is 1.96. The third-order valence-electron chi connectivity index (χ3n) is 6.29. The van der Waals surface area contributed by atoms with Gasteiger partial charge in [-0.3, -0.25) is 0 Å². The number of methoxy groups -OCH3 is 1. The predicted octanol–water partition coefficient (Wildman–Crippen LogP) is 4.73. The van der Waals surface area contributed by atoms with E-state index in [-0.39, 0.29) is 29.3 Å². The molecule has 1 saturated carbocycles. The minimum Gasteiger partial charge on any atom is -0.507 e. The van der Waals surface area contributed by atoms with Gasteiger partial charge in [-0.25, -0.2) is 4.79 Å². The summed E-state index contributed by atoms with van der Waals surface area (Å²) < 4.78 is 11.4. The fraction of sp³-hybridized carbons (Fsp3) is 0.522. The molecule has 1 fully saturated rings. The van der Waals surface area contributed by atoms with E-state index in [2.05, 4.69) is 0 Å². The van der Waals surface area contributed by atoms with Gasteiger partial charge in [-0.15, -0.1) is 0 Å². The van der Waals surface area contributed by atoms with Crippen molar-refractivity contribution < 1.29 is 14.3 Å². The van der Waals surface area contributed by atoms with Gasteiger partial charge in [0.2, 0.25) is 0 Å². The maximum absolute atomic E-state index is 13.1. The Morgan fingerprint density at radius 2 is 1.89 bits per heavy atom. The third kappa shape index (κ3) is 3.43. The summed E-state index contributed by atoms with van der Waals surface area (Å²) in [4.78, 5) is 13.1. The Bertz CT molecular complexity index is 851. The zero-order valence-electron chi connectivity index (χ0n) is 16.1. The SMILES string of the molecule is COC(C)C1CCCCc2c1oc(=O)c(C(c1ccccc1)C1CC1)c2O. The van der Waals surface area contributed by atoms with E-state index >= 15 is 0 Å². The molecule has 144 valence electrons. The summed E-state index contributed by atoms with van der Waals surface area (Å²) in [6.07, 6.45) is 5.79. The van der Waals surface area contributed by atoms with E-state index in [1.807, 2.05) is 37.3 Å². The lowest BCUT2D eigenvalue weighted by Gasteiger charge is -2.24. The molecule has 2 aliphatic carbocycles. The van der Waals surface area contributed by atoms with E-state index in [4.69, 9.17) is 9.15 Å². The van der Waals surface area contributed by atoms with Crippen LogP contribution in [0.5, 0.6) is 5.75 Å². The molecular formula is C23H28O4. The Morgan fingerprint density at radius 3 is 2.56 bits per heavy atom. The quantitative estimate of drug-likeness (QED) is 0.775. The molecule has 4 rings (SSSR count). The molecule has 0 bridgehead atoms. The minimum atomic E-state index is -0.387. The van der Waals surface area contributed by atoms with E-state index in [1.54, 1.807) is 7.11 Å². The highest BCUT2D eigenvalue weighted by atomic mass is 16.5. The van der Waals surface area contributed by atoms with Crippen LogP contribution in [-0.2, 0) is 11.2 Å². The number of ether oxygens (including phenoxy) is 1. The number of fused-ring (bicyclic) bond motifs is 1. The first-order valence-electron chi connectivity index (χ1n) is 10.1. The number of aromatic hydroxyl groups is 1. The lowest BCUT2D eigenvalue weighted by molar-refractivity contribution is 0.0825. The maximum Gasteiger partial charge on any atom is 0.343 e. The third-order valence-corrected chi connectivity index (χ3v) is 6.29. The summed E-state index contributed by atoms with van der Waals surface area (Å²) in [5.74, 6) is 1.12. The molecule has 4 heteroatoms. The van der Waals surface area contributed by atoms with Crippen LogP contribution in [0.4, 0.5) is 0 Å². The molecule has 1 N–H and O–H groups in total. The summed E-state index contributed by atoms with van der Waals surface area (Å²) in [5, 5.41) is 11.2. The van der Waals surface area contributed by atoms with Crippen LogP contribution >= 0.6 is 0 Å². The van der Waals surface area contributed by atoms with Crippen molar-refractivity contribution >= 4 is 0 Å². The second-order valence-corrected chi connectivity index (χ2v) is 8.01. The van der Waals surface area contributed by atoms with Crippen molar-refractivity contribution in [3.05, 3.63) is 63.2 Å². The van der Waals surface area contributed by atoms with E-state index in [9.17, 15) is 9.90 Å². The average Bonchev–Trinajstić information content (AvgIpc) is 3.52. The monoisotopic (exact) mass is 368 g/mol.